The van der Waals surface area contributed by atoms with Gasteiger partial charge in [-0.05, 0) is 37.5 Å². The summed E-state index contributed by atoms with van der Waals surface area (Å²) in [6.45, 7) is 15.0. The van der Waals surface area contributed by atoms with Crippen LogP contribution in [0, 0.1) is 23.7 Å². The molecule has 0 bridgehead atoms. The van der Waals surface area contributed by atoms with Crippen LogP contribution in [0.1, 0.15) is 41.5 Å². The molecular weight excluding hydrogens is 212 g/mol. The lowest BCUT2D eigenvalue weighted by molar-refractivity contribution is 0.145. The van der Waals surface area contributed by atoms with Crippen molar-refractivity contribution in [3.05, 3.63) is 0 Å². The van der Waals surface area contributed by atoms with Gasteiger partial charge in [0.2, 0.25) is 0 Å². The highest BCUT2D eigenvalue weighted by molar-refractivity contribution is 5.74. The summed E-state index contributed by atoms with van der Waals surface area (Å²) in [5.41, 5.74) is 0. The summed E-state index contributed by atoms with van der Waals surface area (Å²) in [7, 11) is 0. The van der Waals surface area contributed by atoms with Crippen molar-refractivity contribution >= 4 is 6.03 Å². The molecule has 17 heavy (non-hydrogen) atoms. The molecule has 1 aliphatic rings. The van der Waals surface area contributed by atoms with Crippen molar-refractivity contribution < 1.29 is 4.79 Å². The number of carbonyl (C=O) groups is 1. The predicted octanol–water partition coefficient (Wildman–Crippen LogP) is 2.96. The summed E-state index contributed by atoms with van der Waals surface area (Å²) in [6, 6.07) is 0.385. The van der Waals surface area contributed by atoms with E-state index in [9.17, 15) is 4.79 Å². The highest BCUT2D eigenvalue weighted by Crippen LogP contribution is 2.30. The van der Waals surface area contributed by atoms with Gasteiger partial charge in [-0.2, -0.15) is 0 Å². The van der Waals surface area contributed by atoms with E-state index < -0.39 is 0 Å². The topological polar surface area (TPSA) is 32.3 Å². The van der Waals surface area contributed by atoms with Crippen LogP contribution in [0.25, 0.3) is 0 Å². The van der Waals surface area contributed by atoms with Gasteiger partial charge < -0.3 is 10.2 Å². The summed E-state index contributed by atoms with van der Waals surface area (Å²) in [5.74, 6) is 2.42. The molecule has 2 amide bonds. The van der Waals surface area contributed by atoms with E-state index in [0.717, 1.165) is 13.1 Å². The summed E-state index contributed by atoms with van der Waals surface area (Å²) in [5, 5.41) is 3.08. The fraction of sp³-hybridized carbons (Fsp3) is 0.929. The Morgan fingerprint density at radius 2 is 1.59 bits per heavy atom. The molecule has 2 unspecified atom stereocenters. The number of carbonyl (C=O) groups excluding carboxylic acids is 1. The van der Waals surface area contributed by atoms with Gasteiger partial charge in [-0.1, -0.05) is 27.7 Å². The zero-order chi connectivity index (χ0) is 13.2. The van der Waals surface area contributed by atoms with Crippen LogP contribution in [0.5, 0.6) is 0 Å². The average Bonchev–Trinajstić information content (AvgIpc) is 2.37. The molecule has 3 heteroatoms. The number of urea groups is 1. The molecule has 1 fully saturated rings. The normalized spacial score (nSPS) is 26.6. The van der Waals surface area contributed by atoms with Crippen molar-refractivity contribution in [3.8, 4) is 0 Å². The first-order valence-corrected chi connectivity index (χ1v) is 6.89. The van der Waals surface area contributed by atoms with Crippen molar-refractivity contribution in [1.29, 1.82) is 0 Å². The number of amides is 2. The Balaban J connectivity index is 2.90. The first kappa shape index (κ1) is 14.3. The van der Waals surface area contributed by atoms with Crippen LogP contribution in [0.3, 0.4) is 0 Å². The van der Waals surface area contributed by atoms with E-state index >= 15 is 0 Å². The first-order chi connectivity index (χ1) is 7.84. The molecule has 0 spiro atoms. The quantitative estimate of drug-likeness (QED) is 0.808. The fourth-order valence-electron chi connectivity index (χ4n) is 2.78. The minimum Gasteiger partial charge on any atom is -0.338 e. The van der Waals surface area contributed by atoms with Crippen molar-refractivity contribution in [1.82, 2.24) is 10.2 Å². The zero-order valence-electron chi connectivity index (χ0n) is 12.2. The van der Waals surface area contributed by atoms with Gasteiger partial charge in [0.05, 0.1) is 0 Å². The first-order valence-electron chi connectivity index (χ1n) is 6.89. The summed E-state index contributed by atoms with van der Waals surface area (Å²) < 4.78 is 0. The highest BCUT2D eigenvalue weighted by Gasteiger charge is 2.34. The van der Waals surface area contributed by atoms with Crippen LogP contribution < -0.4 is 5.32 Å². The number of hydrogen-bond acceptors (Lipinski definition) is 1. The van der Waals surface area contributed by atoms with E-state index in [0.29, 0.717) is 23.7 Å². The monoisotopic (exact) mass is 240 g/mol. The molecule has 0 radical (unpaired) electrons. The van der Waals surface area contributed by atoms with Crippen molar-refractivity contribution in [3.63, 3.8) is 0 Å². The second-order valence-electron chi connectivity index (χ2n) is 6.25. The highest BCUT2D eigenvalue weighted by atomic mass is 16.2. The molecule has 0 aromatic carbocycles. The minimum atomic E-state index is 0.105. The Bertz CT molecular complexity index is 261. The third-order valence-electron chi connectivity index (χ3n) is 4.04. The molecule has 100 valence electrons. The van der Waals surface area contributed by atoms with Crippen molar-refractivity contribution in [2.24, 2.45) is 23.7 Å². The van der Waals surface area contributed by atoms with Gasteiger partial charge in [0.25, 0.3) is 0 Å². The Kier molecular flexibility index (Phi) is 4.84. The van der Waals surface area contributed by atoms with Gasteiger partial charge in [0, 0.05) is 19.1 Å². The summed E-state index contributed by atoms with van der Waals surface area (Å²) in [4.78, 5) is 14.0. The Morgan fingerprint density at radius 1 is 1.06 bits per heavy atom. The van der Waals surface area contributed by atoms with Gasteiger partial charge in [-0.25, -0.2) is 4.79 Å². The largest absolute Gasteiger partial charge is 0.338 e. The second-order valence-corrected chi connectivity index (χ2v) is 6.25. The predicted molar refractivity (Wildman–Crippen MR) is 71.9 cm³/mol. The standard InChI is InChI=1S/C14H28N2O/c1-9(2)12-7-15-14(17)16(11(5)6)8-13(12)10(3)4/h9-13H,7-8H2,1-6H3,(H,15,17). The van der Waals surface area contributed by atoms with Crippen molar-refractivity contribution in [2.45, 2.75) is 47.6 Å². The Morgan fingerprint density at radius 3 is 2.00 bits per heavy atom. The van der Waals surface area contributed by atoms with E-state index in [1.54, 1.807) is 0 Å². The SMILES string of the molecule is CC(C)C1CNC(=O)N(C(C)C)CC1C(C)C. The van der Waals surface area contributed by atoms with E-state index in [4.69, 9.17) is 0 Å². The van der Waals surface area contributed by atoms with E-state index in [1.807, 2.05) is 4.90 Å². The van der Waals surface area contributed by atoms with Crippen molar-refractivity contribution in [2.75, 3.05) is 13.1 Å². The molecule has 1 rings (SSSR count). The maximum atomic E-state index is 12.0. The van der Waals surface area contributed by atoms with Gasteiger partial charge in [-0.15, -0.1) is 0 Å². The molecule has 0 aromatic heterocycles. The lowest BCUT2D eigenvalue weighted by Crippen LogP contribution is -2.43. The lowest BCUT2D eigenvalue weighted by atomic mass is 9.77. The number of hydrogen-bond donors (Lipinski definition) is 1. The smallest absolute Gasteiger partial charge is 0.317 e. The molecule has 2 atom stereocenters. The van der Waals surface area contributed by atoms with E-state index in [-0.39, 0.29) is 12.1 Å². The van der Waals surface area contributed by atoms with Crippen LogP contribution >= 0.6 is 0 Å². The van der Waals surface area contributed by atoms with Crippen LogP contribution in [0.4, 0.5) is 4.79 Å². The molecule has 1 heterocycles. The molecule has 0 aliphatic carbocycles. The second kappa shape index (κ2) is 5.74. The van der Waals surface area contributed by atoms with Gasteiger partial charge in [0.15, 0.2) is 0 Å². The van der Waals surface area contributed by atoms with Crippen LogP contribution in [0.2, 0.25) is 0 Å². The maximum Gasteiger partial charge on any atom is 0.317 e. The van der Waals surface area contributed by atoms with Gasteiger partial charge in [0.1, 0.15) is 0 Å². The fourth-order valence-corrected chi connectivity index (χ4v) is 2.78. The van der Waals surface area contributed by atoms with E-state index in [1.165, 1.54) is 0 Å². The average molecular weight is 240 g/mol. The van der Waals surface area contributed by atoms with Crippen LogP contribution in [-0.4, -0.2) is 30.1 Å². The van der Waals surface area contributed by atoms with Gasteiger partial charge >= 0.3 is 6.03 Å². The Labute approximate surface area is 106 Å². The molecule has 1 saturated heterocycles. The lowest BCUT2D eigenvalue weighted by Gasteiger charge is -2.34. The molecular formula is C14H28N2O. The van der Waals surface area contributed by atoms with Crippen LogP contribution in [0.15, 0.2) is 0 Å². The van der Waals surface area contributed by atoms with E-state index in [2.05, 4.69) is 46.9 Å². The number of rotatable bonds is 3. The Hall–Kier alpha value is -0.730. The van der Waals surface area contributed by atoms with Crippen LogP contribution in [-0.2, 0) is 0 Å². The molecule has 0 aromatic rings. The molecule has 1 N–H and O–H groups in total. The molecule has 1 aliphatic heterocycles. The third kappa shape index (κ3) is 3.36. The van der Waals surface area contributed by atoms with Gasteiger partial charge in [-0.3, -0.25) is 0 Å². The number of nitrogens with zero attached hydrogens (tertiary/aromatic N) is 1. The molecule has 0 saturated carbocycles. The minimum absolute atomic E-state index is 0.105. The summed E-state index contributed by atoms with van der Waals surface area (Å²) >= 11 is 0. The maximum absolute atomic E-state index is 12.0. The third-order valence-corrected chi connectivity index (χ3v) is 4.04. The zero-order valence-corrected chi connectivity index (χ0v) is 12.2. The summed E-state index contributed by atoms with van der Waals surface area (Å²) in [6.07, 6.45) is 0. The number of nitrogens with one attached hydrogen (secondary N) is 1. The molecule has 3 nitrogen and oxygen atoms in total.